The minimum Gasteiger partial charge on any atom is -0.462 e. The average molecular weight is 971 g/mol. The van der Waals surface area contributed by atoms with Gasteiger partial charge in [0.25, 0.3) is 11.4 Å². The highest BCUT2D eigenvalue weighted by molar-refractivity contribution is 5.88. The van der Waals surface area contributed by atoms with Crippen LogP contribution < -0.4 is 9.47 Å². The average Bonchev–Trinajstić information content (AvgIpc) is 3.38. The molecule has 6 rings (SSSR count). The van der Waals surface area contributed by atoms with Gasteiger partial charge < -0.3 is 18.9 Å². The number of ether oxygens (including phenoxy) is 4. The Balaban J connectivity index is 1.11. The first-order valence-electron chi connectivity index (χ1n) is 25.1. The number of carbonyl (C=O) groups excluding carboxylic acids is 4. The molecular formula is C57H66N2O12. The van der Waals surface area contributed by atoms with Crippen LogP contribution in [0.4, 0.5) is 11.4 Å². The molecule has 0 heterocycles. The second-order valence-electron chi connectivity index (χ2n) is 19.3. The van der Waals surface area contributed by atoms with E-state index in [9.17, 15) is 39.4 Å². The molecule has 0 atom stereocenters. The molecule has 0 amide bonds. The van der Waals surface area contributed by atoms with Crippen LogP contribution in [0.2, 0.25) is 0 Å². The van der Waals surface area contributed by atoms with Crippen molar-refractivity contribution in [3.8, 4) is 11.5 Å². The highest BCUT2D eigenvalue weighted by atomic mass is 16.6. The standard InChI is InChI=1S/C57H66N2O12/c1-3-5-7-41-9-23-47(24-10-41)55(62)70-51-31-17-43(18-32-51)21-35-53(60)68-39-57(37-45-13-27-49(28-14-45)58(64)65,38-46-15-29-50(30-16-46)59(66)67)40-69-54(61)36-22-44-19-33-52(34-20-44)71-56(63)48-25-11-42(12-26-48)8-6-4-2/h13-22,27-36,41-42,47-48H,3-12,23-26,37-40H2,1-2H3. The summed E-state index contributed by atoms with van der Waals surface area (Å²) in [5.74, 6) is 0.0731. The van der Waals surface area contributed by atoms with Gasteiger partial charge in [-0.15, -0.1) is 0 Å². The number of unbranched alkanes of at least 4 members (excludes halogenated alkanes) is 2. The molecule has 71 heavy (non-hydrogen) atoms. The first-order valence-corrected chi connectivity index (χ1v) is 25.1. The zero-order valence-corrected chi connectivity index (χ0v) is 40.9. The maximum atomic E-state index is 13.4. The van der Waals surface area contributed by atoms with E-state index in [1.54, 1.807) is 84.9 Å². The Morgan fingerprint density at radius 2 is 0.887 bits per heavy atom. The maximum Gasteiger partial charge on any atom is 0.330 e. The van der Waals surface area contributed by atoms with Crippen LogP contribution in [0.25, 0.3) is 12.2 Å². The number of non-ortho nitro benzene ring substituents is 2. The third-order valence-electron chi connectivity index (χ3n) is 13.8. The van der Waals surface area contributed by atoms with Crippen LogP contribution in [0, 0.1) is 49.3 Å². The van der Waals surface area contributed by atoms with Crippen molar-refractivity contribution in [2.24, 2.45) is 29.1 Å². The fourth-order valence-corrected chi connectivity index (χ4v) is 9.57. The molecule has 0 aromatic heterocycles. The van der Waals surface area contributed by atoms with E-state index in [-0.39, 0.29) is 61.2 Å². The van der Waals surface area contributed by atoms with Gasteiger partial charge in [-0.3, -0.25) is 29.8 Å². The van der Waals surface area contributed by atoms with Gasteiger partial charge in [0.05, 0.1) is 21.7 Å². The number of esters is 4. The summed E-state index contributed by atoms with van der Waals surface area (Å²) in [4.78, 5) is 74.6. The Morgan fingerprint density at radius 3 is 1.21 bits per heavy atom. The van der Waals surface area contributed by atoms with Gasteiger partial charge >= 0.3 is 23.9 Å². The van der Waals surface area contributed by atoms with E-state index in [2.05, 4.69) is 13.8 Å². The highest BCUT2D eigenvalue weighted by Gasteiger charge is 2.35. The molecule has 0 spiro atoms. The van der Waals surface area contributed by atoms with Gasteiger partial charge in [-0.25, -0.2) is 9.59 Å². The molecule has 2 aliphatic rings. The molecule has 0 saturated heterocycles. The van der Waals surface area contributed by atoms with Crippen molar-refractivity contribution in [1.82, 2.24) is 0 Å². The number of nitrogens with zero attached hydrogens (tertiary/aromatic N) is 2. The number of hydrogen-bond acceptors (Lipinski definition) is 12. The summed E-state index contributed by atoms with van der Waals surface area (Å²) in [5.41, 5.74) is 1.12. The fourth-order valence-electron chi connectivity index (χ4n) is 9.57. The van der Waals surface area contributed by atoms with Crippen molar-refractivity contribution >= 4 is 47.4 Å². The molecular weight excluding hydrogens is 905 g/mol. The summed E-state index contributed by atoms with van der Waals surface area (Å²) < 4.78 is 23.2. The second kappa shape index (κ2) is 26.9. The highest BCUT2D eigenvalue weighted by Crippen LogP contribution is 2.35. The third kappa shape index (κ3) is 17.1. The Bertz CT molecular complexity index is 2280. The number of benzene rings is 4. The quantitative estimate of drug-likeness (QED) is 0.0212. The first-order chi connectivity index (χ1) is 34.3. The smallest absolute Gasteiger partial charge is 0.330 e. The largest absolute Gasteiger partial charge is 0.462 e. The SMILES string of the molecule is CCCCC1CCC(C(=O)Oc2ccc(C=CC(=O)OCC(COC(=O)C=Cc3ccc(OC(=O)C4CCC(CCCC)CC4)cc3)(Cc3ccc([N+](=O)[O-])cc3)Cc3ccc([N+](=O)[O-])cc3)cc2)CC1. The molecule has 0 radical (unpaired) electrons. The number of carbonyl (C=O) groups is 4. The lowest BCUT2D eigenvalue weighted by Gasteiger charge is -2.33. The van der Waals surface area contributed by atoms with E-state index in [1.165, 1.54) is 74.9 Å². The van der Waals surface area contributed by atoms with Crippen molar-refractivity contribution < 1.29 is 48.0 Å². The Morgan fingerprint density at radius 1 is 0.535 bits per heavy atom. The van der Waals surface area contributed by atoms with Crippen LogP contribution in [0.3, 0.4) is 0 Å². The van der Waals surface area contributed by atoms with E-state index in [0.29, 0.717) is 45.6 Å². The van der Waals surface area contributed by atoms with E-state index in [1.807, 2.05) is 0 Å². The third-order valence-corrected chi connectivity index (χ3v) is 13.8. The monoisotopic (exact) mass is 970 g/mol. The lowest BCUT2D eigenvalue weighted by molar-refractivity contribution is -0.385. The molecule has 4 aromatic carbocycles. The summed E-state index contributed by atoms with van der Waals surface area (Å²) in [7, 11) is 0. The van der Waals surface area contributed by atoms with Crippen LogP contribution in [0.15, 0.2) is 109 Å². The van der Waals surface area contributed by atoms with E-state index >= 15 is 0 Å². The summed E-state index contributed by atoms with van der Waals surface area (Å²) in [6, 6.07) is 25.3. The van der Waals surface area contributed by atoms with Crippen molar-refractivity contribution in [1.29, 1.82) is 0 Å². The summed E-state index contributed by atoms with van der Waals surface area (Å²) in [6.07, 6.45) is 20.5. The molecule has 0 aliphatic heterocycles. The molecule has 2 aliphatic carbocycles. The van der Waals surface area contributed by atoms with Crippen LogP contribution in [0.5, 0.6) is 11.5 Å². The van der Waals surface area contributed by atoms with Crippen molar-refractivity contribution in [3.63, 3.8) is 0 Å². The van der Waals surface area contributed by atoms with Crippen LogP contribution >= 0.6 is 0 Å². The fraction of sp³-hybridized carbons (Fsp3) is 0.439. The van der Waals surface area contributed by atoms with Crippen LogP contribution in [-0.2, 0) is 41.5 Å². The number of nitro groups is 2. The van der Waals surface area contributed by atoms with E-state index in [4.69, 9.17) is 18.9 Å². The normalized spacial score (nSPS) is 18.2. The maximum absolute atomic E-state index is 13.4. The van der Waals surface area contributed by atoms with Crippen LogP contribution in [0.1, 0.15) is 126 Å². The summed E-state index contributed by atoms with van der Waals surface area (Å²) in [6.45, 7) is 3.82. The zero-order valence-electron chi connectivity index (χ0n) is 40.9. The van der Waals surface area contributed by atoms with Crippen LogP contribution in [-0.4, -0.2) is 46.9 Å². The molecule has 14 heteroatoms. The predicted molar refractivity (Wildman–Crippen MR) is 270 cm³/mol. The summed E-state index contributed by atoms with van der Waals surface area (Å²) >= 11 is 0. The lowest BCUT2D eigenvalue weighted by atomic mass is 9.77. The molecule has 0 unspecified atom stereocenters. The second-order valence-corrected chi connectivity index (χ2v) is 19.3. The van der Waals surface area contributed by atoms with Gasteiger partial charge in [0.1, 0.15) is 24.7 Å². The Kier molecular flexibility index (Phi) is 20.2. The molecule has 0 N–H and O–H groups in total. The van der Waals surface area contributed by atoms with Crippen molar-refractivity contribution in [2.45, 2.75) is 117 Å². The van der Waals surface area contributed by atoms with Gasteiger partial charge in [0.2, 0.25) is 0 Å². The van der Waals surface area contributed by atoms with E-state index in [0.717, 1.165) is 51.4 Å². The van der Waals surface area contributed by atoms with Gasteiger partial charge in [0, 0.05) is 41.8 Å². The Labute approximate surface area is 416 Å². The van der Waals surface area contributed by atoms with E-state index < -0.39 is 27.2 Å². The van der Waals surface area contributed by atoms with Crippen molar-refractivity contribution in [3.05, 3.63) is 152 Å². The molecule has 2 fully saturated rings. The Hall–Kier alpha value is -6.96. The predicted octanol–water partition coefficient (Wildman–Crippen LogP) is 12.6. The number of rotatable bonds is 24. The number of nitro benzene ring substituents is 2. The molecule has 376 valence electrons. The minimum absolute atomic E-state index is 0.118. The van der Waals surface area contributed by atoms with Crippen molar-refractivity contribution in [2.75, 3.05) is 13.2 Å². The first kappa shape index (κ1) is 53.4. The molecule has 0 bridgehead atoms. The topological polar surface area (TPSA) is 191 Å². The zero-order chi connectivity index (χ0) is 50.6. The molecule has 14 nitrogen and oxygen atoms in total. The molecule has 2 saturated carbocycles. The minimum atomic E-state index is -1.17. The summed E-state index contributed by atoms with van der Waals surface area (Å²) in [5, 5.41) is 23.0. The van der Waals surface area contributed by atoms with Gasteiger partial charge in [-0.05, 0) is 135 Å². The van der Waals surface area contributed by atoms with Gasteiger partial charge in [0.15, 0.2) is 0 Å². The van der Waals surface area contributed by atoms with Gasteiger partial charge in [-0.2, -0.15) is 0 Å². The molecule has 4 aromatic rings. The van der Waals surface area contributed by atoms with Gasteiger partial charge in [-0.1, -0.05) is 101 Å². The lowest BCUT2D eigenvalue weighted by Crippen LogP contribution is -2.38. The number of hydrogen-bond donors (Lipinski definition) is 0.